The van der Waals surface area contributed by atoms with Gasteiger partial charge in [0.25, 0.3) is 0 Å². The zero-order valence-electron chi connectivity index (χ0n) is 20.9. The molecule has 30 heavy (non-hydrogen) atoms. The van der Waals surface area contributed by atoms with Crippen molar-refractivity contribution in [2.24, 2.45) is 5.92 Å². The van der Waals surface area contributed by atoms with Gasteiger partial charge in [-0.3, -0.25) is 4.79 Å². The Morgan fingerprint density at radius 3 is 1.83 bits per heavy atom. The highest BCUT2D eigenvalue weighted by atomic mass is 16.5. The van der Waals surface area contributed by atoms with Crippen LogP contribution in [0, 0.1) is 5.92 Å². The van der Waals surface area contributed by atoms with Gasteiger partial charge in [-0.15, -0.1) is 0 Å². The van der Waals surface area contributed by atoms with Crippen molar-refractivity contribution < 1.29 is 14.6 Å². The molecule has 3 nitrogen and oxygen atoms in total. The van der Waals surface area contributed by atoms with Crippen LogP contribution in [0.1, 0.15) is 117 Å². The van der Waals surface area contributed by atoms with E-state index in [9.17, 15) is 9.90 Å². The van der Waals surface area contributed by atoms with Gasteiger partial charge in [-0.25, -0.2) is 0 Å². The highest BCUT2D eigenvalue weighted by Gasteiger charge is 2.27. The number of hydrogen-bond donors (Lipinski definition) is 1. The molecule has 1 aromatic rings. The molecule has 0 spiro atoms. The average Bonchev–Trinajstić information content (AvgIpc) is 2.63. The zero-order valence-corrected chi connectivity index (χ0v) is 20.9. The number of hydrogen-bond acceptors (Lipinski definition) is 3. The zero-order chi connectivity index (χ0) is 22.9. The number of esters is 1. The molecule has 0 saturated heterocycles. The van der Waals surface area contributed by atoms with Crippen molar-refractivity contribution in [1.29, 1.82) is 0 Å². The summed E-state index contributed by atoms with van der Waals surface area (Å²) in [6, 6.07) is 4.12. The minimum absolute atomic E-state index is 0.122. The van der Waals surface area contributed by atoms with E-state index in [0.717, 1.165) is 29.5 Å². The second-order valence-electron chi connectivity index (χ2n) is 10.9. The van der Waals surface area contributed by atoms with Gasteiger partial charge in [0.15, 0.2) is 0 Å². The molecule has 0 radical (unpaired) electrons. The fourth-order valence-corrected chi connectivity index (χ4v) is 3.77. The van der Waals surface area contributed by atoms with Crippen LogP contribution in [0.5, 0.6) is 5.75 Å². The van der Waals surface area contributed by atoms with E-state index in [1.807, 2.05) is 6.92 Å². The molecule has 0 aromatic heterocycles. The third kappa shape index (κ3) is 8.70. The highest BCUT2D eigenvalue weighted by Crippen LogP contribution is 2.40. The standard InChI is InChI=1S/C27H46O3/c1-9-10-11-12-13-14-15-16-30-25(29)20(2)17-21-18-22(26(3,4)5)24(28)23(19-21)27(6,7)8/h18-20,28H,9-17H2,1-8H3. The smallest absolute Gasteiger partial charge is 0.308 e. The predicted octanol–water partition coefficient (Wildman–Crippen LogP) is 7.46. The van der Waals surface area contributed by atoms with Gasteiger partial charge in [0.2, 0.25) is 0 Å². The summed E-state index contributed by atoms with van der Waals surface area (Å²) < 4.78 is 5.53. The number of unbranched alkanes of at least 4 members (excludes halogenated alkanes) is 6. The van der Waals surface area contributed by atoms with E-state index in [1.54, 1.807) is 0 Å². The third-order valence-electron chi connectivity index (χ3n) is 5.72. The molecule has 0 amide bonds. The van der Waals surface area contributed by atoms with E-state index in [4.69, 9.17) is 4.74 Å². The van der Waals surface area contributed by atoms with Gasteiger partial charge in [0, 0.05) is 0 Å². The maximum atomic E-state index is 12.5. The molecule has 1 atom stereocenters. The number of aromatic hydroxyl groups is 1. The third-order valence-corrected chi connectivity index (χ3v) is 5.72. The Hall–Kier alpha value is -1.51. The van der Waals surface area contributed by atoms with Crippen LogP contribution in [0.4, 0.5) is 0 Å². The van der Waals surface area contributed by atoms with Gasteiger partial charge >= 0.3 is 5.97 Å². The fraction of sp³-hybridized carbons (Fsp3) is 0.741. The Bertz CT molecular complexity index is 627. The first-order valence-electron chi connectivity index (χ1n) is 11.9. The second kappa shape index (κ2) is 11.8. The molecule has 0 aliphatic heterocycles. The largest absolute Gasteiger partial charge is 0.507 e. The topological polar surface area (TPSA) is 46.5 Å². The minimum atomic E-state index is -0.195. The second-order valence-corrected chi connectivity index (χ2v) is 10.9. The maximum absolute atomic E-state index is 12.5. The van der Waals surface area contributed by atoms with Crippen LogP contribution < -0.4 is 0 Å². The quantitative estimate of drug-likeness (QED) is 0.300. The Balaban J connectivity index is 2.69. The van der Waals surface area contributed by atoms with Crippen molar-refractivity contribution in [3.63, 3.8) is 0 Å². The molecule has 0 aliphatic rings. The summed E-state index contributed by atoms with van der Waals surface area (Å²) in [6.45, 7) is 17.3. The van der Waals surface area contributed by atoms with Crippen LogP contribution in [-0.2, 0) is 26.8 Å². The number of ether oxygens (including phenoxy) is 1. The summed E-state index contributed by atoms with van der Waals surface area (Å²) in [5.74, 6) is 0.0660. The molecule has 0 fully saturated rings. The molecule has 0 aliphatic carbocycles. The van der Waals surface area contributed by atoms with Crippen LogP contribution in [0.25, 0.3) is 0 Å². The average molecular weight is 419 g/mol. The molecule has 1 rings (SSSR count). The Morgan fingerprint density at radius 2 is 1.37 bits per heavy atom. The van der Waals surface area contributed by atoms with E-state index in [2.05, 4.69) is 60.6 Å². The van der Waals surface area contributed by atoms with E-state index in [-0.39, 0.29) is 22.7 Å². The molecule has 0 bridgehead atoms. The van der Waals surface area contributed by atoms with Crippen molar-refractivity contribution in [2.45, 2.75) is 118 Å². The first-order chi connectivity index (χ1) is 13.9. The van der Waals surface area contributed by atoms with Crippen molar-refractivity contribution in [1.82, 2.24) is 0 Å². The lowest BCUT2D eigenvalue weighted by Gasteiger charge is -2.28. The van der Waals surface area contributed by atoms with Crippen LogP contribution in [0.15, 0.2) is 12.1 Å². The van der Waals surface area contributed by atoms with Gasteiger partial charge < -0.3 is 9.84 Å². The lowest BCUT2D eigenvalue weighted by Crippen LogP contribution is -2.20. The Kier molecular flexibility index (Phi) is 10.4. The number of rotatable bonds is 11. The Morgan fingerprint density at radius 1 is 0.900 bits per heavy atom. The number of phenols is 1. The van der Waals surface area contributed by atoms with Crippen molar-refractivity contribution in [3.05, 3.63) is 28.8 Å². The Labute approximate surface area is 185 Å². The summed E-state index contributed by atoms with van der Waals surface area (Å²) in [5, 5.41) is 10.9. The lowest BCUT2D eigenvalue weighted by molar-refractivity contribution is -0.148. The summed E-state index contributed by atoms with van der Waals surface area (Å²) in [6.07, 6.45) is 9.12. The highest BCUT2D eigenvalue weighted by molar-refractivity contribution is 5.72. The maximum Gasteiger partial charge on any atom is 0.308 e. The van der Waals surface area contributed by atoms with Crippen molar-refractivity contribution >= 4 is 5.97 Å². The van der Waals surface area contributed by atoms with E-state index >= 15 is 0 Å². The van der Waals surface area contributed by atoms with Gasteiger partial charge in [-0.1, -0.05) is 106 Å². The molecule has 1 N–H and O–H groups in total. The molecular weight excluding hydrogens is 372 g/mol. The normalized spacial score (nSPS) is 13.3. The van der Waals surface area contributed by atoms with E-state index in [1.165, 1.54) is 32.1 Å². The fourth-order valence-electron chi connectivity index (χ4n) is 3.77. The van der Waals surface area contributed by atoms with Crippen molar-refractivity contribution in [2.75, 3.05) is 6.61 Å². The van der Waals surface area contributed by atoms with Gasteiger partial charge in [-0.05, 0) is 40.4 Å². The van der Waals surface area contributed by atoms with Crippen LogP contribution in [0.3, 0.4) is 0 Å². The summed E-state index contributed by atoms with van der Waals surface area (Å²) in [7, 11) is 0. The van der Waals surface area contributed by atoms with E-state index < -0.39 is 0 Å². The van der Waals surface area contributed by atoms with Gasteiger partial charge in [0.05, 0.1) is 12.5 Å². The van der Waals surface area contributed by atoms with Crippen LogP contribution in [-0.4, -0.2) is 17.7 Å². The molecule has 0 heterocycles. The molecule has 1 unspecified atom stereocenters. The lowest BCUT2D eigenvalue weighted by atomic mass is 9.77. The number of phenolic OH excluding ortho intramolecular Hbond substituents is 1. The van der Waals surface area contributed by atoms with Crippen LogP contribution >= 0.6 is 0 Å². The summed E-state index contributed by atoms with van der Waals surface area (Å²) in [4.78, 5) is 12.5. The molecule has 0 saturated carbocycles. The van der Waals surface area contributed by atoms with Crippen LogP contribution in [0.2, 0.25) is 0 Å². The van der Waals surface area contributed by atoms with Gasteiger partial charge in [0.1, 0.15) is 5.75 Å². The molecule has 172 valence electrons. The number of carbonyl (C=O) groups is 1. The molecule has 1 aromatic carbocycles. The predicted molar refractivity (Wildman–Crippen MR) is 127 cm³/mol. The SMILES string of the molecule is CCCCCCCCCOC(=O)C(C)Cc1cc(C(C)(C)C)c(O)c(C(C)(C)C)c1. The van der Waals surface area contributed by atoms with E-state index in [0.29, 0.717) is 18.8 Å². The minimum Gasteiger partial charge on any atom is -0.507 e. The molecular formula is C27H46O3. The number of carbonyl (C=O) groups excluding carboxylic acids is 1. The van der Waals surface area contributed by atoms with Crippen molar-refractivity contribution in [3.8, 4) is 5.75 Å². The monoisotopic (exact) mass is 418 g/mol. The van der Waals surface area contributed by atoms with Gasteiger partial charge in [-0.2, -0.15) is 0 Å². The molecule has 3 heteroatoms. The first-order valence-corrected chi connectivity index (χ1v) is 11.9. The summed E-state index contributed by atoms with van der Waals surface area (Å²) >= 11 is 0. The number of benzene rings is 1. The first kappa shape index (κ1) is 26.5. The summed E-state index contributed by atoms with van der Waals surface area (Å²) in [5.41, 5.74) is 2.63.